The molecule has 0 aliphatic carbocycles. The maximum Gasteiger partial charge on any atom is 0.256 e. The predicted molar refractivity (Wildman–Crippen MR) is 110 cm³/mol. The Morgan fingerprint density at radius 3 is 2.77 bits per heavy atom. The maximum atomic E-state index is 14.2. The number of hydrogen-bond acceptors (Lipinski definition) is 4. The van der Waals surface area contributed by atoms with Crippen LogP contribution in [0.4, 0.5) is 10.1 Å². The first kappa shape index (κ1) is 20.0. The highest BCUT2D eigenvalue weighted by Crippen LogP contribution is 2.32. The van der Waals surface area contributed by atoms with Gasteiger partial charge in [0.05, 0.1) is 17.8 Å². The van der Waals surface area contributed by atoms with E-state index in [0.29, 0.717) is 41.8 Å². The molecule has 2 aliphatic rings. The Labute approximate surface area is 173 Å². The molecule has 0 aromatic heterocycles. The number of amides is 3. The third-order valence-electron chi connectivity index (χ3n) is 5.56. The van der Waals surface area contributed by atoms with Crippen LogP contribution in [0, 0.1) is 5.82 Å². The normalized spacial score (nSPS) is 20.7. The zero-order valence-corrected chi connectivity index (χ0v) is 16.6. The van der Waals surface area contributed by atoms with Gasteiger partial charge in [0.25, 0.3) is 5.91 Å². The van der Waals surface area contributed by atoms with E-state index < -0.39 is 6.04 Å². The highest BCUT2D eigenvalue weighted by molar-refractivity contribution is 6.10. The van der Waals surface area contributed by atoms with E-state index in [0.717, 1.165) is 0 Å². The van der Waals surface area contributed by atoms with Gasteiger partial charge in [-0.25, -0.2) is 4.39 Å². The molecule has 0 unspecified atom stereocenters. The van der Waals surface area contributed by atoms with Crippen LogP contribution in [0.3, 0.4) is 0 Å². The van der Waals surface area contributed by atoms with Gasteiger partial charge in [-0.15, -0.1) is 0 Å². The first-order valence-corrected chi connectivity index (χ1v) is 9.92. The number of nitrogens with one attached hydrogen (secondary N) is 3. The zero-order valence-electron chi connectivity index (χ0n) is 16.6. The molecule has 0 spiro atoms. The summed E-state index contributed by atoms with van der Waals surface area (Å²) >= 11 is 0. The van der Waals surface area contributed by atoms with E-state index in [4.69, 9.17) is 0 Å². The molecule has 0 radical (unpaired) electrons. The SMILES string of the molecule is CNCC(=O)N[C@@H]1CCN2C(=O)c3cc(-c4ccccc4F)ccc3NC(=O)[C@@H]2C1. The summed E-state index contributed by atoms with van der Waals surface area (Å²) in [4.78, 5) is 39.5. The Hall–Kier alpha value is -3.26. The molecule has 2 aromatic rings. The Bertz CT molecular complexity index is 1010. The quantitative estimate of drug-likeness (QED) is 0.716. The number of anilines is 1. The number of benzene rings is 2. The van der Waals surface area contributed by atoms with Gasteiger partial charge in [0.2, 0.25) is 11.8 Å². The molecule has 156 valence electrons. The molecular weight excluding hydrogens is 387 g/mol. The highest BCUT2D eigenvalue weighted by atomic mass is 19.1. The summed E-state index contributed by atoms with van der Waals surface area (Å²) in [6.45, 7) is 0.547. The molecule has 8 heteroatoms. The minimum absolute atomic E-state index is 0.144. The largest absolute Gasteiger partial charge is 0.352 e. The van der Waals surface area contributed by atoms with Crippen LogP contribution in [0.1, 0.15) is 23.2 Å². The van der Waals surface area contributed by atoms with E-state index in [1.807, 2.05) is 0 Å². The second-order valence-electron chi connectivity index (χ2n) is 7.56. The first-order valence-electron chi connectivity index (χ1n) is 9.92. The maximum absolute atomic E-state index is 14.2. The summed E-state index contributed by atoms with van der Waals surface area (Å²) in [6, 6.07) is 10.5. The van der Waals surface area contributed by atoms with E-state index in [2.05, 4.69) is 16.0 Å². The van der Waals surface area contributed by atoms with Crippen LogP contribution in [0.15, 0.2) is 42.5 Å². The molecule has 2 aromatic carbocycles. The molecule has 1 saturated heterocycles. The number of hydrogen-bond donors (Lipinski definition) is 3. The third-order valence-corrected chi connectivity index (χ3v) is 5.56. The van der Waals surface area contributed by atoms with Gasteiger partial charge < -0.3 is 20.9 Å². The molecular formula is C22H23FN4O3. The number of carbonyl (C=O) groups is 3. The lowest BCUT2D eigenvalue weighted by atomic mass is 9.95. The average Bonchev–Trinajstić information content (AvgIpc) is 2.83. The zero-order chi connectivity index (χ0) is 21.3. The van der Waals surface area contributed by atoms with Crippen LogP contribution >= 0.6 is 0 Å². The van der Waals surface area contributed by atoms with Gasteiger partial charge in [0.1, 0.15) is 11.9 Å². The number of halogens is 1. The lowest BCUT2D eigenvalue weighted by Gasteiger charge is -2.37. The summed E-state index contributed by atoms with van der Waals surface area (Å²) < 4.78 is 14.2. The van der Waals surface area contributed by atoms with Gasteiger partial charge >= 0.3 is 0 Å². The van der Waals surface area contributed by atoms with Crippen molar-refractivity contribution < 1.29 is 18.8 Å². The molecule has 0 bridgehead atoms. The highest BCUT2D eigenvalue weighted by Gasteiger charge is 2.40. The number of carbonyl (C=O) groups excluding carboxylic acids is 3. The molecule has 4 rings (SSSR count). The van der Waals surface area contributed by atoms with Crippen LogP contribution in [0.25, 0.3) is 11.1 Å². The minimum atomic E-state index is -0.671. The summed E-state index contributed by atoms with van der Waals surface area (Å²) in [5, 5.41) is 8.52. The van der Waals surface area contributed by atoms with Crippen molar-refractivity contribution in [1.82, 2.24) is 15.5 Å². The van der Waals surface area contributed by atoms with E-state index in [1.54, 1.807) is 48.3 Å². The average molecular weight is 410 g/mol. The van der Waals surface area contributed by atoms with Gasteiger partial charge in [0, 0.05) is 18.2 Å². The summed E-state index contributed by atoms with van der Waals surface area (Å²) in [7, 11) is 1.69. The molecule has 7 nitrogen and oxygen atoms in total. The van der Waals surface area contributed by atoms with Crippen molar-refractivity contribution in [3.63, 3.8) is 0 Å². The van der Waals surface area contributed by atoms with E-state index >= 15 is 0 Å². The number of piperidine rings is 1. The smallest absolute Gasteiger partial charge is 0.256 e. The van der Waals surface area contributed by atoms with E-state index in [1.165, 1.54) is 6.07 Å². The van der Waals surface area contributed by atoms with Crippen LogP contribution in [-0.2, 0) is 9.59 Å². The van der Waals surface area contributed by atoms with Crippen molar-refractivity contribution in [1.29, 1.82) is 0 Å². The standard InChI is InChI=1S/C22H23FN4O3/c1-24-12-20(28)25-14-8-9-27-19(11-14)21(29)26-18-7-6-13(10-16(18)22(27)30)15-4-2-3-5-17(15)23/h2-7,10,14,19,24H,8-9,11-12H2,1H3,(H,25,28)(H,26,29)/t14-,19+/m1/s1. The number of likely N-dealkylation sites (N-methyl/N-ethyl adjacent to an activating group) is 1. The fourth-order valence-electron chi connectivity index (χ4n) is 4.09. The molecule has 2 atom stereocenters. The topological polar surface area (TPSA) is 90.5 Å². The lowest BCUT2D eigenvalue weighted by Crippen LogP contribution is -2.55. The second kappa shape index (κ2) is 8.23. The van der Waals surface area contributed by atoms with Crippen molar-refractivity contribution in [2.75, 3.05) is 25.5 Å². The van der Waals surface area contributed by atoms with Crippen molar-refractivity contribution in [3.8, 4) is 11.1 Å². The molecule has 1 fully saturated rings. The fourth-order valence-corrected chi connectivity index (χ4v) is 4.09. The second-order valence-corrected chi connectivity index (χ2v) is 7.56. The van der Waals surface area contributed by atoms with E-state index in [9.17, 15) is 18.8 Å². The first-order chi connectivity index (χ1) is 14.5. The number of rotatable bonds is 4. The summed E-state index contributed by atoms with van der Waals surface area (Å²) in [6.07, 6.45) is 0.911. The van der Waals surface area contributed by atoms with Crippen molar-refractivity contribution in [3.05, 3.63) is 53.8 Å². The Morgan fingerprint density at radius 2 is 2.00 bits per heavy atom. The Balaban J connectivity index is 1.61. The molecule has 3 N–H and O–H groups in total. The number of nitrogens with zero attached hydrogens (tertiary/aromatic N) is 1. The van der Waals surface area contributed by atoms with Crippen LogP contribution < -0.4 is 16.0 Å². The monoisotopic (exact) mass is 410 g/mol. The minimum Gasteiger partial charge on any atom is -0.352 e. The van der Waals surface area contributed by atoms with Gasteiger partial charge in [-0.1, -0.05) is 24.3 Å². The molecule has 2 aliphatic heterocycles. The summed E-state index contributed by atoms with van der Waals surface area (Å²) in [5.74, 6) is -1.08. The van der Waals surface area contributed by atoms with Crippen molar-refractivity contribution in [2.45, 2.75) is 24.9 Å². The Kier molecular flexibility index (Phi) is 5.50. The molecule has 2 heterocycles. The van der Waals surface area contributed by atoms with Crippen molar-refractivity contribution in [2.24, 2.45) is 0 Å². The van der Waals surface area contributed by atoms with Gasteiger partial charge in [-0.3, -0.25) is 14.4 Å². The van der Waals surface area contributed by atoms with Crippen LogP contribution in [0.5, 0.6) is 0 Å². The molecule has 0 saturated carbocycles. The molecule has 3 amide bonds. The van der Waals surface area contributed by atoms with Crippen LogP contribution in [0.2, 0.25) is 0 Å². The number of fused-ring (bicyclic) bond motifs is 2. The van der Waals surface area contributed by atoms with Gasteiger partial charge in [0.15, 0.2) is 0 Å². The fraction of sp³-hybridized carbons (Fsp3) is 0.318. The predicted octanol–water partition coefficient (Wildman–Crippen LogP) is 1.75. The van der Waals surface area contributed by atoms with Gasteiger partial charge in [-0.2, -0.15) is 0 Å². The summed E-state index contributed by atoms with van der Waals surface area (Å²) in [5.41, 5.74) is 1.72. The lowest BCUT2D eigenvalue weighted by molar-refractivity contribution is -0.124. The van der Waals surface area contributed by atoms with Crippen molar-refractivity contribution >= 4 is 23.4 Å². The van der Waals surface area contributed by atoms with Gasteiger partial charge in [-0.05, 0) is 43.7 Å². The van der Waals surface area contributed by atoms with E-state index in [-0.39, 0.29) is 36.1 Å². The Morgan fingerprint density at radius 1 is 1.20 bits per heavy atom. The third kappa shape index (κ3) is 3.78. The van der Waals surface area contributed by atoms with Crippen LogP contribution in [-0.4, -0.2) is 54.8 Å². The molecule has 30 heavy (non-hydrogen) atoms.